The van der Waals surface area contributed by atoms with Gasteiger partial charge in [0.1, 0.15) is 0 Å². The summed E-state index contributed by atoms with van der Waals surface area (Å²) >= 11 is 2.08. The molecule has 2 saturated carbocycles. The van der Waals surface area contributed by atoms with Crippen LogP contribution in [0.2, 0.25) is 0 Å². The van der Waals surface area contributed by atoms with Crippen LogP contribution in [0.4, 0.5) is 34.1 Å². The molecule has 2 nitrogen and oxygen atoms in total. The second-order valence-corrected chi connectivity index (χ2v) is 29.8. The molecular weight excluding hydrogens is 888 g/mol. The smallest absolute Gasteiger partial charge is 0.264 e. The summed E-state index contributed by atoms with van der Waals surface area (Å²) in [6.45, 7) is 39.3. The van der Waals surface area contributed by atoms with Gasteiger partial charge >= 0.3 is 0 Å². The Hall–Kier alpha value is -5.06. The second-order valence-electron chi connectivity index (χ2n) is 28.7. The maximum absolute atomic E-state index is 2.84. The molecule has 1 spiro atoms. The Balaban J connectivity index is 1.18. The average Bonchev–Trinajstić information content (AvgIpc) is 3.95. The van der Waals surface area contributed by atoms with Crippen molar-refractivity contribution < 1.29 is 0 Å². The van der Waals surface area contributed by atoms with Crippen LogP contribution in [-0.4, -0.2) is 6.71 Å². The van der Waals surface area contributed by atoms with Crippen molar-refractivity contribution in [3.05, 3.63) is 148 Å². The third kappa shape index (κ3) is 5.97. The highest BCUT2D eigenvalue weighted by Crippen LogP contribution is 2.78. The molecule has 0 N–H and O–H groups in total. The number of anilines is 6. The molecule has 3 unspecified atom stereocenters. The van der Waals surface area contributed by atoms with Gasteiger partial charge in [-0.2, -0.15) is 0 Å². The molecule has 4 heteroatoms. The molecular formula is C68H77BN2S. The van der Waals surface area contributed by atoms with E-state index in [9.17, 15) is 0 Å². The third-order valence-corrected chi connectivity index (χ3v) is 21.9. The van der Waals surface area contributed by atoms with Gasteiger partial charge < -0.3 is 9.80 Å². The van der Waals surface area contributed by atoms with E-state index in [4.69, 9.17) is 0 Å². The van der Waals surface area contributed by atoms with Crippen molar-refractivity contribution >= 4 is 78.0 Å². The van der Waals surface area contributed by atoms with Crippen molar-refractivity contribution in [2.75, 3.05) is 9.80 Å². The van der Waals surface area contributed by atoms with Crippen LogP contribution in [0, 0.1) is 16.7 Å². The van der Waals surface area contributed by atoms with Crippen LogP contribution in [0.5, 0.6) is 0 Å². The molecule has 3 heterocycles. The van der Waals surface area contributed by atoms with E-state index in [1.54, 1.807) is 11.1 Å². The molecule has 13 rings (SSSR count). The highest BCUT2D eigenvalue weighted by molar-refractivity contribution is 7.33. The van der Waals surface area contributed by atoms with E-state index in [0.29, 0.717) is 5.92 Å². The summed E-state index contributed by atoms with van der Waals surface area (Å²) in [5, 5.41) is 1.41. The van der Waals surface area contributed by atoms with Crippen molar-refractivity contribution in [3.63, 3.8) is 0 Å². The molecule has 368 valence electrons. The molecule has 3 atom stereocenters. The molecule has 0 radical (unpaired) electrons. The Bertz CT molecular complexity index is 3470. The first-order valence-electron chi connectivity index (χ1n) is 27.6. The first kappa shape index (κ1) is 46.7. The third-order valence-electron chi connectivity index (χ3n) is 20.7. The number of fused-ring (bicyclic) bond motifs is 15. The fraction of sp³-hybridized carbons (Fsp3) is 0.441. The van der Waals surface area contributed by atoms with Gasteiger partial charge in [-0.1, -0.05) is 171 Å². The fourth-order valence-corrected chi connectivity index (χ4v) is 17.1. The van der Waals surface area contributed by atoms with Crippen LogP contribution in [0.25, 0.3) is 21.2 Å². The number of hydrogen-bond acceptors (Lipinski definition) is 3. The highest BCUT2D eigenvalue weighted by atomic mass is 32.1. The van der Waals surface area contributed by atoms with Crippen LogP contribution >= 0.6 is 11.3 Å². The van der Waals surface area contributed by atoms with Crippen LogP contribution in [-0.2, 0) is 32.5 Å². The van der Waals surface area contributed by atoms with E-state index >= 15 is 0 Å². The van der Waals surface area contributed by atoms with Gasteiger partial charge in [0.25, 0.3) is 6.71 Å². The predicted octanol–water partition coefficient (Wildman–Crippen LogP) is 17.3. The zero-order valence-electron chi connectivity index (χ0n) is 46.4. The van der Waals surface area contributed by atoms with E-state index < -0.39 is 0 Å². The lowest BCUT2D eigenvalue weighted by Crippen LogP contribution is -2.60. The quantitative estimate of drug-likeness (QED) is 0.159. The number of benzene rings is 6. The van der Waals surface area contributed by atoms with Crippen molar-refractivity contribution in [1.82, 2.24) is 0 Å². The molecule has 2 fully saturated rings. The largest absolute Gasteiger partial charge is 0.311 e. The Morgan fingerprint density at radius 3 is 1.76 bits per heavy atom. The minimum atomic E-state index is -0.119. The lowest BCUT2D eigenvalue weighted by molar-refractivity contribution is 0.0990. The first-order chi connectivity index (χ1) is 33.7. The van der Waals surface area contributed by atoms with Crippen LogP contribution < -0.4 is 25.5 Å². The highest BCUT2D eigenvalue weighted by Gasteiger charge is 2.71. The van der Waals surface area contributed by atoms with Crippen molar-refractivity contribution in [2.45, 2.75) is 175 Å². The lowest BCUT2D eigenvalue weighted by atomic mass is 9.36. The summed E-state index contributed by atoms with van der Waals surface area (Å²) < 4.78 is 2.89. The summed E-state index contributed by atoms with van der Waals surface area (Å²) in [6, 6.07) is 44.9. The molecule has 7 aromatic rings. The van der Waals surface area contributed by atoms with Gasteiger partial charge in [0.2, 0.25) is 0 Å². The standard InChI is InChI=1S/C68H77BN2S/c1-61(2,3)40-24-27-44(28-25-40)70-53-34-41(62(4,5)6)26-29-51(53)69-58-54(70)35-43(63(7,8)9)36-55(58)71(59-46-37-49-50(38-56(46)72-60(59)69)65(12,13)33-32-64(49,10)11)52-23-19-22-48-57(52)45-20-17-18-21-47(45)68(48)39-42-30-31-67(68,16)66(42,14)15/h17-29,34-38,42H,30-33,39H2,1-16H3. The maximum Gasteiger partial charge on any atom is 0.264 e. The Labute approximate surface area is 436 Å². The van der Waals surface area contributed by atoms with E-state index in [1.807, 2.05) is 0 Å². The van der Waals surface area contributed by atoms with Gasteiger partial charge in [0.05, 0.1) is 11.4 Å². The molecule has 6 aromatic carbocycles. The van der Waals surface area contributed by atoms with Crippen molar-refractivity contribution in [2.24, 2.45) is 16.7 Å². The number of thiophene rings is 1. The minimum absolute atomic E-state index is 0.0211. The number of nitrogens with zero attached hydrogens (tertiary/aromatic N) is 2. The molecule has 4 aliphatic carbocycles. The minimum Gasteiger partial charge on any atom is -0.311 e. The molecule has 1 aromatic heterocycles. The Kier molecular flexibility index (Phi) is 9.35. The number of hydrogen-bond donors (Lipinski definition) is 0. The van der Waals surface area contributed by atoms with Crippen LogP contribution in [0.3, 0.4) is 0 Å². The topological polar surface area (TPSA) is 6.48 Å². The normalized spacial score (nSPS) is 23.8. The zero-order chi connectivity index (χ0) is 50.8. The molecule has 0 amide bonds. The zero-order valence-corrected chi connectivity index (χ0v) is 47.2. The predicted molar refractivity (Wildman–Crippen MR) is 313 cm³/mol. The van der Waals surface area contributed by atoms with E-state index in [1.165, 1.54) is 131 Å². The first-order valence-corrected chi connectivity index (χ1v) is 28.4. The molecule has 6 aliphatic rings. The van der Waals surface area contributed by atoms with Gasteiger partial charge in [0.15, 0.2) is 0 Å². The maximum atomic E-state index is 2.84. The van der Waals surface area contributed by atoms with Gasteiger partial charge in [-0.15, -0.1) is 11.3 Å². The van der Waals surface area contributed by atoms with Gasteiger partial charge in [-0.25, -0.2) is 0 Å². The van der Waals surface area contributed by atoms with E-state index in [2.05, 4.69) is 241 Å². The van der Waals surface area contributed by atoms with Gasteiger partial charge in [-0.05, 0) is 180 Å². The van der Waals surface area contributed by atoms with E-state index in [-0.39, 0.29) is 50.0 Å². The number of rotatable bonds is 2. The van der Waals surface area contributed by atoms with Crippen LogP contribution in [0.1, 0.15) is 182 Å². The second kappa shape index (κ2) is 14.4. The summed E-state index contributed by atoms with van der Waals surface area (Å²) in [5.41, 5.74) is 24.3. The summed E-state index contributed by atoms with van der Waals surface area (Å²) in [7, 11) is 0. The van der Waals surface area contributed by atoms with Crippen molar-refractivity contribution in [3.8, 4) is 11.1 Å². The van der Waals surface area contributed by atoms with Crippen molar-refractivity contribution in [1.29, 1.82) is 0 Å². The summed E-state index contributed by atoms with van der Waals surface area (Å²) in [4.78, 5) is 5.51. The Morgan fingerprint density at radius 1 is 0.542 bits per heavy atom. The average molecular weight is 965 g/mol. The summed E-state index contributed by atoms with van der Waals surface area (Å²) in [6.07, 6.45) is 6.22. The molecule has 2 bridgehead atoms. The van der Waals surface area contributed by atoms with Gasteiger partial charge in [0, 0.05) is 48.6 Å². The fourth-order valence-electron chi connectivity index (χ4n) is 15.8. The lowest BCUT2D eigenvalue weighted by Gasteiger charge is -2.48. The SMILES string of the molecule is CC(C)(C)c1ccc(N2c3cc(C(C)(C)C)ccc3B3c4sc5cc6c(cc5c4N(c4cccc5c4-c4ccccc4C54CC5CCC4(C)C5(C)C)c4cc(C(C)(C)C)cc2c43)C(C)(C)CCC6(C)C)cc1. The van der Waals surface area contributed by atoms with Gasteiger partial charge in [-0.3, -0.25) is 0 Å². The van der Waals surface area contributed by atoms with Crippen LogP contribution in [0.15, 0.2) is 109 Å². The van der Waals surface area contributed by atoms with E-state index in [0.717, 1.165) is 0 Å². The Morgan fingerprint density at radius 2 is 1.14 bits per heavy atom. The summed E-state index contributed by atoms with van der Waals surface area (Å²) in [5.74, 6) is 0.699. The molecule has 72 heavy (non-hydrogen) atoms. The molecule has 2 aliphatic heterocycles. The monoisotopic (exact) mass is 965 g/mol. The molecule has 0 saturated heterocycles.